The van der Waals surface area contributed by atoms with Crippen LogP contribution in [-0.4, -0.2) is 0 Å². The average Bonchev–Trinajstić information content (AvgIpc) is 2.49. The summed E-state index contributed by atoms with van der Waals surface area (Å²) in [5.41, 5.74) is 1.10. The number of hydrogen-bond acceptors (Lipinski definition) is 2. The van der Waals surface area contributed by atoms with Gasteiger partial charge in [-0.3, -0.25) is 0 Å². The molecule has 1 heterocycles. The number of benzene rings is 1. The maximum Gasteiger partial charge on any atom is 0.153 e. The molecule has 0 saturated carbocycles. The SMILES string of the molecule is N#Cc1coc2c(Cl)cccc12. The number of para-hydroxylation sites is 1. The number of fused-ring (bicyclic) bond motifs is 1. The van der Waals surface area contributed by atoms with Gasteiger partial charge in [-0.1, -0.05) is 17.7 Å². The van der Waals surface area contributed by atoms with Gasteiger partial charge >= 0.3 is 0 Å². The zero-order valence-electron chi connectivity index (χ0n) is 6.04. The molecule has 0 aliphatic heterocycles. The standard InChI is InChI=1S/C9H4ClNO/c10-8-3-1-2-7-6(4-11)5-12-9(7)8/h1-3,5H. The zero-order chi connectivity index (χ0) is 8.55. The lowest BCUT2D eigenvalue weighted by Gasteiger charge is -1.89. The first kappa shape index (κ1) is 7.20. The maximum absolute atomic E-state index is 8.66. The monoisotopic (exact) mass is 177 g/mol. The van der Waals surface area contributed by atoms with Crippen molar-refractivity contribution in [2.45, 2.75) is 0 Å². The summed E-state index contributed by atoms with van der Waals surface area (Å²) < 4.78 is 5.12. The largest absolute Gasteiger partial charge is 0.461 e. The fourth-order valence-electron chi connectivity index (χ4n) is 1.11. The molecule has 0 aliphatic carbocycles. The molecule has 0 radical (unpaired) electrons. The van der Waals surface area contributed by atoms with Crippen LogP contribution in [0, 0.1) is 11.3 Å². The molecule has 1 aromatic heterocycles. The van der Waals surface area contributed by atoms with E-state index in [9.17, 15) is 0 Å². The van der Waals surface area contributed by atoms with Gasteiger partial charge in [0.1, 0.15) is 12.3 Å². The van der Waals surface area contributed by atoms with Crippen molar-refractivity contribution in [1.29, 1.82) is 5.26 Å². The Morgan fingerprint density at radius 1 is 1.42 bits per heavy atom. The molecule has 2 rings (SSSR count). The van der Waals surface area contributed by atoms with Gasteiger partial charge in [-0.15, -0.1) is 0 Å². The minimum absolute atomic E-state index is 0.521. The van der Waals surface area contributed by atoms with Gasteiger partial charge < -0.3 is 4.42 Å². The van der Waals surface area contributed by atoms with E-state index in [-0.39, 0.29) is 0 Å². The minimum Gasteiger partial charge on any atom is -0.461 e. The van der Waals surface area contributed by atoms with Gasteiger partial charge in [0.25, 0.3) is 0 Å². The minimum atomic E-state index is 0.521. The molecule has 0 unspecified atom stereocenters. The summed E-state index contributed by atoms with van der Waals surface area (Å²) in [6.07, 6.45) is 1.41. The van der Waals surface area contributed by atoms with Crippen LogP contribution >= 0.6 is 11.6 Å². The lowest BCUT2D eigenvalue weighted by molar-refractivity contribution is 0.615. The van der Waals surface area contributed by atoms with Crippen molar-refractivity contribution in [2.75, 3.05) is 0 Å². The van der Waals surface area contributed by atoms with E-state index < -0.39 is 0 Å². The summed E-state index contributed by atoms with van der Waals surface area (Å²) in [4.78, 5) is 0. The van der Waals surface area contributed by atoms with Gasteiger partial charge in [-0.05, 0) is 12.1 Å². The Kier molecular flexibility index (Phi) is 1.53. The Morgan fingerprint density at radius 2 is 2.25 bits per heavy atom. The molecular formula is C9H4ClNO. The predicted octanol–water partition coefficient (Wildman–Crippen LogP) is 2.96. The maximum atomic E-state index is 8.66. The number of nitrogens with zero attached hydrogens (tertiary/aromatic N) is 1. The molecule has 0 bridgehead atoms. The quantitative estimate of drug-likeness (QED) is 0.620. The van der Waals surface area contributed by atoms with E-state index in [1.54, 1.807) is 12.1 Å². The van der Waals surface area contributed by atoms with Crippen molar-refractivity contribution >= 4 is 22.6 Å². The first-order chi connectivity index (χ1) is 5.83. The van der Waals surface area contributed by atoms with Gasteiger partial charge in [-0.2, -0.15) is 5.26 Å². The summed E-state index contributed by atoms with van der Waals surface area (Å²) in [5.74, 6) is 0. The fraction of sp³-hybridized carbons (Fsp3) is 0. The van der Waals surface area contributed by atoms with Gasteiger partial charge in [-0.25, -0.2) is 0 Å². The van der Waals surface area contributed by atoms with Crippen LogP contribution in [0.15, 0.2) is 28.9 Å². The average molecular weight is 178 g/mol. The van der Waals surface area contributed by atoms with E-state index in [0.717, 1.165) is 5.39 Å². The van der Waals surface area contributed by atoms with Crippen LogP contribution in [0.2, 0.25) is 5.02 Å². The highest BCUT2D eigenvalue weighted by Crippen LogP contribution is 2.26. The van der Waals surface area contributed by atoms with Crippen molar-refractivity contribution in [3.05, 3.63) is 35.0 Å². The Bertz CT molecular complexity index is 467. The Hall–Kier alpha value is -1.46. The smallest absolute Gasteiger partial charge is 0.153 e. The van der Waals surface area contributed by atoms with Crippen LogP contribution in [0.25, 0.3) is 11.0 Å². The summed E-state index contributed by atoms with van der Waals surface area (Å²) in [5, 5.41) is 9.97. The molecule has 2 nitrogen and oxygen atoms in total. The Labute approximate surface area is 74.0 Å². The lowest BCUT2D eigenvalue weighted by Crippen LogP contribution is -1.69. The molecule has 1 aromatic carbocycles. The summed E-state index contributed by atoms with van der Waals surface area (Å²) >= 11 is 5.82. The second-order valence-corrected chi connectivity index (χ2v) is 2.78. The second-order valence-electron chi connectivity index (χ2n) is 2.38. The van der Waals surface area contributed by atoms with Crippen molar-refractivity contribution in [2.24, 2.45) is 0 Å². The van der Waals surface area contributed by atoms with Crippen LogP contribution in [-0.2, 0) is 0 Å². The lowest BCUT2D eigenvalue weighted by atomic mass is 10.2. The summed E-state index contributed by atoms with van der Waals surface area (Å²) in [6, 6.07) is 7.36. The predicted molar refractivity (Wildman–Crippen MR) is 45.9 cm³/mol. The molecule has 0 fully saturated rings. The van der Waals surface area contributed by atoms with Crippen LogP contribution < -0.4 is 0 Å². The third kappa shape index (κ3) is 0.876. The van der Waals surface area contributed by atoms with E-state index in [0.29, 0.717) is 16.2 Å². The van der Waals surface area contributed by atoms with Gasteiger partial charge in [0.2, 0.25) is 0 Å². The van der Waals surface area contributed by atoms with E-state index >= 15 is 0 Å². The molecule has 0 saturated heterocycles. The molecule has 0 N–H and O–H groups in total. The van der Waals surface area contributed by atoms with Crippen molar-refractivity contribution < 1.29 is 4.42 Å². The van der Waals surface area contributed by atoms with Gasteiger partial charge in [0.05, 0.1) is 10.6 Å². The first-order valence-electron chi connectivity index (χ1n) is 3.39. The molecule has 0 aliphatic rings. The number of nitriles is 1. The van der Waals surface area contributed by atoms with E-state index in [1.807, 2.05) is 12.1 Å². The second kappa shape index (κ2) is 2.54. The van der Waals surface area contributed by atoms with E-state index in [2.05, 4.69) is 0 Å². The number of hydrogen-bond donors (Lipinski definition) is 0. The first-order valence-corrected chi connectivity index (χ1v) is 3.76. The molecule has 0 amide bonds. The van der Waals surface area contributed by atoms with Crippen LogP contribution in [0.4, 0.5) is 0 Å². The van der Waals surface area contributed by atoms with Crippen LogP contribution in [0.5, 0.6) is 0 Å². The van der Waals surface area contributed by atoms with Crippen LogP contribution in [0.1, 0.15) is 5.56 Å². The van der Waals surface area contributed by atoms with Crippen molar-refractivity contribution in [3.8, 4) is 6.07 Å². The molecule has 2 aromatic rings. The van der Waals surface area contributed by atoms with Crippen molar-refractivity contribution in [3.63, 3.8) is 0 Å². The van der Waals surface area contributed by atoms with Crippen molar-refractivity contribution in [1.82, 2.24) is 0 Å². The van der Waals surface area contributed by atoms with Gasteiger partial charge in [0, 0.05) is 5.39 Å². The fourth-order valence-corrected chi connectivity index (χ4v) is 1.33. The highest BCUT2D eigenvalue weighted by molar-refractivity contribution is 6.34. The molecule has 0 spiro atoms. The molecule has 3 heteroatoms. The molecule has 58 valence electrons. The third-order valence-electron chi connectivity index (χ3n) is 1.67. The highest BCUT2D eigenvalue weighted by Gasteiger charge is 2.06. The third-order valence-corrected chi connectivity index (χ3v) is 1.97. The number of rotatable bonds is 0. The van der Waals surface area contributed by atoms with Gasteiger partial charge in [0.15, 0.2) is 5.58 Å². The Balaban J connectivity index is 2.91. The number of furan rings is 1. The normalized spacial score (nSPS) is 10.0. The highest BCUT2D eigenvalue weighted by atomic mass is 35.5. The molecule has 0 atom stereocenters. The summed E-state index contributed by atoms with van der Waals surface area (Å²) in [7, 11) is 0. The number of halogens is 1. The van der Waals surface area contributed by atoms with Crippen LogP contribution in [0.3, 0.4) is 0 Å². The topological polar surface area (TPSA) is 36.9 Å². The van der Waals surface area contributed by atoms with E-state index in [1.165, 1.54) is 6.26 Å². The Morgan fingerprint density at radius 3 is 3.00 bits per heavy atom. The zero-order valence-corrected chi connectivity index (χ0v) is 6.80. The molecular weight excluding hydrogens is 174 g/mol. The molecule has 12 heavy (non-hydrogen) atoms. The summed E-state index contributed by atoms with van der Waals surface area (Å²) in [6.45, 7) is 0. The van der Waals surface area contributed by atoms with E-state index in [4.69, 9.17) is 21.3 Å².